The monoisotopic (exact) mass is 379 g/mol. The molecule has 2 N–H and O–H groups in total. The Morgan fingerprint density at radius 2 is 2.19 bits per heavy atom. The van der Waals surface area contributed by atoms with Gasteiger partial charge in [0.05, 0.1) is 0 Å². The molecule has 8 heteroatoms. The summed E-state index contributed by atoms with van der Waals surface area (Å²) < 4.78 is 10.6. The number of aromatic nitrogens is 2. The summed E-state index contributed by atoms with van der Waals surface area (Å²) in [5.74, 6) is 1.89. The van der Waals surface area contributed by atoms with E-state index in [0.29, 0.717) is 29.7 Å². The van der Waals surface area contributed by atoms with Gasteiger partial charge in [0, 0.05) is 49.9 Å². The van der Waals surface area contributed by atoms with Crippen molar-refractivity contribution in [1.29, 1.82) is 0 Å². The summed E-state index contributed by atoms with van der Waals surface area (Å²) in [6, 6.07) is 7.38. The first-order chi connectivity index (χ1) is 12.7. The molecule has 0 radical (unpaired) electrons. The van der Waals surface area contributed by atoms with Gasteiger partial charge < -0.3 is 19.9 Å². The van der Waals surface area contributed by atoms with Crippen molar-refractivity contribution in [2.24, 2.45) is 4.99 Å². The van der Waals surface area contributed by atoms with E-state index in [0.717, 1.165) is 44.2 Å². The van der Waals surface area contributed by atoms with E-state index in [1.807, 2.05) is 38.1 Å². The number of hydrogen-bond donors (Lipinski definition) is 2. The van der Waals surface area contributed by atoms with Gasteiger partial charge in [-0.05, 0) is 32.4 Å². The van der Waals surface area contributed by atoms with Gasteiger partial charge in [-0.2, -0.15) is 4.98 Å². The van der Waals surface area contributed by atoms with Crippen molar-refractivity contribution in [1.82, 2.24) is 20.8 Å². The highest BCUT2D eigenvalue weighted by atomic mass is 35.5. The quantitative estimate of drug-likeness (QED) is 0.375. The van der Waals surface area contributed by atoms with E-state index >= 15 is 0 Å². The largest absolute Gasteiger partial charge is 0.382 e. The fourth-order valence-corrected chi connectivity index (χ4v) is 2.42. The molecule has 2 rings (SSSR count). The molecule has 0 unspecified atom stereocenters. The number of ether oxygens (including phenoxy) is 1. The maximum atomic E-state index is 6.00. The summed E-state index contributed by atoms with van der Waals surface area (Å²) in [7, 11) is 0. The molecule has 1 heterocycles. The average molecular weight is 380 g/mol. The van der Waals surface area contributed by atoms with Crippen molar-refractivity contribution >= 4 is 17.6 Å². The summed E-state index contributed by atoms with van der Waals surface area (Å²) in [6.45, 7) is 7.66. The number of rotatable bonds is 10. The van der Waals surface area contributed by atoms with Crippen LogP contribution in [0.15, 0.2) is 33.8 Å². The van der Waals surface area contributed by atoms with Crippen LogP contribution in [-0.2, 0) is 11.2 Å². The third-order valence-electron chi connectivity index (χ3n) is 3.45. The molecule has 0 saturated heterocycles. The van der Waals surface area contributed by atoms with Crippen LogP contribution < -0.4 is 10.6 Å². The lowest BCUT2D eigenvalue weighted by molar-refractivity contribution is 0.146. The van der Waals surface area contributed by atoms with E-state index in [4.69, 9.17) is 20.9 Å². The highest BCUT2D eigenvalue weighted by Gasteiger charge is 2.09. The van der Waals surface area contributed by atoms with Crippen molar-refractivity contribution in [3.63, 3.8) is 0 Å². The first kappa shape index (κ1) is 20.2. The Balaban J connectivity index is 1.81. The number of halogens is 1. The molecule has 1 aromatic heterocycles. The minimum Gasteiger partial charge on any atom is -0.382 e. The molecule has 26 heavy (non-hydrogen) atoms. The molecule has 0 atom stereocenters. The summed E-state index contributed by atoms with van der Waals surface area (Å²) in [5, 5.41) is 11.1. The molecule has 0 spiro atoms. The molecule has 0 aliphatic rings. The lowest BCUT2D eigenvalue weighted by atomic mass is 10.2. The Morgan fingerprint density at radius 3 is 2.96 bits per heavy atom. The number of nitrogens with zero attached hydrogens (tertiary/aromatic N) is 3. The lowest BCUT2D eigenvalue weighted by Crippen LogP contribution is -2.38. The Kier molecular flexibility index (Phi) is 8.92. The Hall–Kier alpha value is -2.12. The molecular weight excluding hydrogens is 354 g/mol. The second-order valence-corrected chi connectivity index (χ2v) is 5.95. The van der Waals surface area contributed by atoms with Crippen molar-refractivity contribution in [2.75, 3.05) is 32.8 Å². The topological polar surface area (TPSA) is 84.6 Å². The number of guanidine groups is 1. The predicted molar refractivity (Wildman–Crippen MR) is 104 cm³/mol. The summed E-state index contributed by atoms with van der Waals surface area (Å²) in [5.41, 5.74) is 0.838. The fourth-order valence-electron chi connectivity index (χ4n) is 2.23. The van der Waals surface area contributed by atoms with Crippen LogP contribution in [0.1, 0.15) is 26.2 Å². The van der Waals surface area contributed by atoms with E-state index in [2.05, 4.69) is 25.8 Å². The van der Waals surface area contributed by atoms with Gasteiger partial charge in [0.2, 0.25) is 11.7 Å². The maximum absolute atomic E-state index is 6.00. The molecule has 2 aromatic rings. The van der Waals surface area contributed by atoms with Crippen molar-refractivity contribution < 1.29 is 9.26 Å². The van der Waals surface area contributed by atoms with Gasteiger partial charge in [-0.3, -0.25) is 4.99 Å². The minimum absolute atomic E-state index is 0.541. The first-order valence-corrected chi connectivity index (χ1v) is 9.29. The Labute approximate surface area is 159 Å². The van der Waals surface area contributed by atoms with Crippen LogP contribution in [0, 0.1) is 0 Å². The fraction of sp³-hybridized carbons (Fsp3) is 0.500. The van der Waals surface area contributed by atoms with Crippen LogP contribution >= 0.6 is 11.6 Å². The van der Waals surface area contributed by atoms with Crippen LogP contribution in [0.2, 0.25) is 5.02 Å². The van der Waals surface area contributed by atoms with Crippen molar-refractivity contribution in [3.8, 4) is 11.4 Å². The Morgan fingerprint density at radius 1 is 1.31 bits per heavy atom. The van der Waals surface area contributed by atoms with Crippen LogP contribution in [0.4, 0.5) is 0 Å². The maximum Gasteiger partial charge on any atom is 0.228 e. The van der Waals surface area contributed by atoms with Gasteiger partial charge in [-0.15, -0.1) is 0 Å². The molecule has 0 aliphatic carbocycles. The standard InChI is InChI=1S/C18H26ClN5O2/c1-3-20-18(21-10-6-12-25-4-2)22-11-9-16-23-17(24-26-16)14-7-5-8-15(19)13-14/h5,7-8,13H,3-4,6,9-12H2,1-2H3,(H2,20,21,22). The molecule has 1 aromatic carbocycles. The zero-order valence-electron chi connectivity index (χ0n) is 15.3. The molecule has 0 amide bonds. The normalized spacial score (nSPS) is 11.6. The molecule has 0 bridgehead atoms. The Bertz CT molecular complexity index is 690. The summed E-state index contributed by atoms with van der Waals surface area (Å²) >= 11 is 6.00. The predicted octanol–water partition coefficient (Wildman–Crippen LogP) is 2.91. The number of nitrogens with one attached hydrogen (secondary N) is 2. The van der Waals surface area contributed by atoms with E-state index in [9.17, 15) is 0 Å². The van der Waals surface area contributed by atoms with Gasteiger partial charge in [-0.25, -0.2) is 0 Å². The number of hydrogen-bond acceptors (Lipinski definition) is 5. The second-order valence-electron chi connectivity index (χ2n) is 5.51. The van der Waals surface area contributed by atoms with Crippen molar-refractivity contribution in [2.45, 2.75) is 26.7 Å². The second kappa shape index (κ2) is 11.5. The molecule has 0 saturated carbocycles. The van der Waals surface area contributed by atoms with Crippen LogP contribution in [-0.4, -0.2) is 48.9 Å². The smallest absolute Gasteiger partial charge is 0.228 e. The lowest BCUT2D eigenvalue weighted by Gasteiger charge is -2.10. The highest BCUT2D eigenvalue weighted by molar-refractivity contribution is 6.30. The zero-order chi connectivity index (χ0) is 18.6. The third-order valence-corrected chi connectivity index (χ3v) is 3.68. The van der Waals surface area contributed by atoms with Gasteiger partial charge in [0.15, 0.2) is 5.96 Å². The van der Waals surface area contributed by atoms with E-state index in [1.165, 1.54) is 0 Å². The number of benzene rings is 1. The average Bonchev–Trinajstić information content (AvgIpc) is 3.10. The van der Waals surface area contributed by atoms with Crippen LogP contribution in [0.3, 0.4) is 0 Å². The van der Waals surface area contributed by atoms with Crippen molar-refractivity contribution in [3.05, 3.63) is 35.2 Å². The van der Waals surface area contributed by atoms with E-state index in [1.54, 1.807) is 0 Å². The van der Waals surface area contributed by atoms with Crippen LogP contribution in [0.25, 0.3) is 11.4 Å². The molecule has 0 aliphatic heterocycles. The minimum atomic E-state index is 0.541. The van der Waals surface area contributed by atoms with Gasteiger partial charge in [0.25, 0.3) is 0 Å². The van der Waals surface area contributed by atoms with E-state index < -0.39 is 0 Å². The van der Waals surface area contributed by atoms with Crippen LogP contribution in [0.5, 0.6) is 0 Å². The highest BCUT2D eigenvalue weighted by Crippen LogP contribution is 2.19. The molecule has 0 fully saturated rings. The summed E-state index contributed by atoms with van der Waals surface area (Å²) in [6.07, 6.45) is 1.51. The number of aliphatic imine (C=N–C) groups is 1. The first-order valence-electron chi connectivity index (χ1n) is 8.91. The van der Waals surface area contributed by atoms with Gasteiger partial charge in [-0.1, -0.05) is 28.9 Å². The SMILES string of the molecule is CCNC(=NCCCOCC)NCCc1nc(-c2cccc(Cl)c2)no1. The van der Waals surface area contributed by atoms with Gasteiger partial charge in [0.1, 0.15) is 0 Å². The van der Waals surface area contributed by atoms with E-state index in [-0.39, 0.29) is 0 Å². The third kappa shape index (κ3) is 7.01. The molecule has 7 nitrogen and oxygen atoms in total. The molecular formula is C18H26ClN5O2. The summed E-state index contributed by atoms with van der Waals surface area (Å²) in [4.78, 5) is 8.92. The molecule has 142 valence electrons. The van der Waals surface area contributed by atoms with Gasteiger partial charge >= 0.3 is 0 Å². The zero-order valence-corrected chi connectivity index (χ0v) is 16.1.